The van der Waals surface area contributed by atoms with Gasteiger partial charge in [0.1, 0.15) is 6.10 Å². The summed E-state index contributed by atoms with van der Waals surface area (Å²) in [5, 5.41) is -3.39. The van der Waals surface area contributed by atoms with E-state index >= 15 is 0 Å². The molecular formula is C9H14F2NO7S-. The van der Waals surface area contributed by atoms with E-state index in [1.807, 2.05) is 0 Å². The highest BCUT2D eigenvalue weighted by Gasteiger charge is 2.46. The average Bonchev–Trinajstić information content (AvgIpc) is 3.14. The van der Waals surface area contributed by atoms with Gasteiger partial charge in [-0.25, -0.2) is 8.42 Å². The van der Waals surface area contributed by atoms with E-state index in [1.165, 1.54) is 0 Å². The van der Waals surface area contributed by atoms with Gasteiger partial charge in [0.05, 0.1) is 33.0 Å². The molecule has 1 heterocycles. The maximum atomic E-state index is 12.7. The number of rotatable bonds is 10. The van der Waals surface area contributed by atoms with Gasteiger partial charge in [0.25, 0.3) is 0 Å². The molecule has 1 aliphatic rings. The molecule has 8 nitrogen and oxygen atoms in total. The Hall–Kier alpha value is -0.880. The summed E-state index contributed by atoms with van der Waals surface area (Å²) >= 11 is 0. The van der Waals surface area contributed by atoms with E-state index in [0.29, 0.717) is 13.2 Å². The number of halogens is 2. The summed E-state index contributed by atoms with van der Waals surface area (Å²) in [5.41, 5.74) is 0. The molecule has 11 heteroatoms. The van der Waals surface area contributed by atoms with E-state index in [9.17, 15) is 26.5 Å². The van der Waals surface area contributed by atoms with Crippen molar-refractivity contribution in [2.24, 2.45) is 0 Å². The molecule has 118 valence electrons. The van der Waals surface area contributed by atoms with Crippen LogP contribution in [0.15, 0.2) is 0 Å². The summed E-state index contributed by atoms with van der Waals surface area (Å²) in [6.07, 6.45) is 0.130. The van der Waals surface area contributed by atoms with Crippen LogP contribution in [0.3, 0.4) is 0 Å². The fraction of sp³-hybridized carbons (Fsp3) is 0.889. The number of hydrogen-bond acceptors (Lipinski definition) is 7. The molecule has 0 spiro atoms. The Morgan fingerprint density at radius 3 is 2.50 bits per heavy atom. The maximum absolute atomic E-state index is 12.7. The quantitative estimate of drug-likeness (QED) is 0.301. The van der Waals surface area contributed by atoms with E-state index < -0.39 is 21.3 Å². The highest BCUT2D eigenvalue weighted by Crippen LogP contribution is 2.19. The first kappa shape index (κ1) is 17.2. The number of alkyl halides is 2. The second kappa shape index (κ2) is 7.22. The van der Waals surface area contributed by atoms with Gasteiger partial charge in [-0.05, 0) is 0 Å². The van der Waals surface area contributed by atoms with Crippen LogP contribution in [0, 0.1) is 0 Å². The van der Waals surface area contributed by atoms with Crippen LogP contribution >= 0.6 is 0 Å². The maximum Gasteiger partial charge on any atom is 0.410 e. The number of hydrogen-bond donors (Lipinski definition) is 1. The minimum atomic E-state index is -6.03. The second-order valence-corrected chi connectivity index (χ2v) is 5.29. The largest absolute Gasteiger partial charge is 0.743 e. The first-order valence-corrected chi connectivity index (χ1v) is 7.04. The van der Waals surface area contributed by atoms with Crippen molar-refractivity contribution in [2.45, 2.75) is 11.4 Å². The number of carbonyl (C=O) groups excluding carboxylic acids is 1. The zero-order valence-corrected chi connectivity index (χ0v) is 11.2. The number of amides is 1. The normalized spacial score (nSPS) is 18.9. The van der Waals surface area contributed by atoms with Crippen molar-refractivity contribution in [2.75, 3.05) is 39.6 Å². The van der Waals surface area contributed by atoms with Crippen LogP contribution in [0.4, 0.5) is 8.78 Å². The van der Waals surface area contributed by atoms with Gasteiger partial charge in [-0.3, -0.25) is 4.79 Å². The fourth-order valence-corrected chi connectivity index (χ4v) is 1.35. The van der Waals surface area contributed by atoms with E-state index in [1.54, 1.807) is 5.32 Å². The van der Waals surface area contributed by atoms with Crippen LogP contribution in [0.1, 0.15) is 0 Å². The van der Waals surface area contributed by atoms with Gasteiger partial charge in [0.15, 0.2) is 10.1 Å². The van der Waals surface area contributed by atoms with Gasteiger partial charge < -0.3 is 24.1 Å². The molecule has 0 radical (unpaired) electrons. The highest BCUT2D eigenvalue weighted by molar-refractivity contribution is 7.87. The summed E-state index contributed by atoms with van der Waals surface area (Å²) in [5.74, 6) is -2.17. The minimum absolute atomic E-state index is 0.121. The standard InChI is InChI=1S/C9H15F2NO7S/c10-9(11,20(14,15)16)8(13)12-1-2-17-3-4-18-5-7-6-19-7/h7H,1-6H2,(H,12,13)(H,14,15,16)/p-1. The molecule has 1 unspecified atom stereocenters. The van der Waals surface area contributed by atoms with Crippen molar-refractivity contribution in [1.29, 1.82) is 0 Å². The lowest BCUT2D eigenvalue weighted by Gasteiger charge is -2.18. The second-order valence-electron chi connectivity index (χ2n) is 3.87. The zero-order valence-electron chi connectivity index (χ0n) is 10.3. The van der Waals surface area contributed by atoms with E-state index in [-0.39, 0.29) is 32.5 Å². The van der Waals surface area contributed by atoms with Crippen LogP contribution in [-0.2, 0) is 29.1 Å². The first-order valence-electron chi connectivity index (χ1n) is 5.64. The van der Waals surface area contributed by atoms with Crippen LogP contribution in [-0.4, -0.2) is 69.8 Å². The van der Waals surface area contributed by atoms with E-state index in [4.69, 9.17) is 14.2 Å². The summed E-state index contributed by atoms with van der Waals surface area (Å²) in [6.45, 7) is 1.11. The smallest absolute Gasteiger partial charge is 0.410 e. The van der Waals surface area contributed by atoms with Crippen LogP contribution in [0.25, 0.3) is 0 Å². The molecular weight excluding hydrogens is 304 g/mol. The lowest BCUT2D eigenvalue weighted by Crippen LogP contribution is -2.46. The Labute approximate surface area is 114 Å². The molecule has 1 fully saturated rings. The van der Waals surface area contributed by atoms with Crippen molar-refractivity contribution in [3.05, 3.63) is 0 Å². The Balaban J connectivity index is 2.03. The van der Waals surface area contributed by atoms with Gasteiger partial charge in [-0.2, -0.15) is 8.78 Å². The lowest BCUT2D eigenvalue weighted by atomic mass is 10.5. The summed E-state index contributed by atoms with van der Waals surface area (Å²) in [7, 11) is -6.03. The number of nitrogens with one attached hydrogen (secondary N) is 1. The van der Waals surface area contributed by atoms with Crippen molar-refractivity contribution in [3.63, 3.8) is 0 Å². The molecule has 0 bridgehead atoms. The molecule has 0 aromatic rings. The number of ether oxygens (including phenoxy) is 3. The molecule has 20 heavy (non-hydrogen) atoms. The van der Waals surface area contributed by atoms with Crippen LogP contribution < -0.4 is 5.32 Å². The molecule has 0 saturated carbocycles. The zero-order chi connectivity index (χ0) is 15.2. The summed E-state index contributed by atoms with van der Waals surface area (Å²) in [4.78, 5) is 10.8. The average molecular weight is 318 g/mol. The Bertz CT molecular complexity index is 424. The van der Waals surface area contributed by atoms with Crippen LogP contribution in [0.5, 0.6) is 0 Å². The summed E-state index contributed by atoms with van der Waals surface area (Å²) < 4.78 is 70.7. The van der Waals surface area contributed by atoms with Crippen molar-refractivity contribution in [1.82, 2.24) is 5.32 Å². The number of carbonyl (C=O) groups is 1. The van der Waals surface area contributed by atoms with Gasteiger partial charge in [0.2, 0.25) is 0 Å². The third kappa shape index (κ3) is 5.63. The number of epoxide rings is 1. The van der Waals surface area contributed by atoms with Crippen LogP contribution in [0.2, 0.25) is 0 Å². The van der Waals surface area contributed by atoms with Gasteiger partial charge in [-0.15, -0.1) is 0 Å². The van der Waals surface area contributed by atoms with E-state index in [0.717, 1.165) is 0 Å². The van der Waals surface area contributed by atoms with Crippen molar-refractivity contribution in [3.8, 4) is 0 Å². The van der Waals surface area contributed by atoms with Crippen molar-refractivity contribution < 1.29 is 40.8 Å². The Morgan fingerprint density at radius 1 is 1.35 bits per heavy atom. The first-order chi connectivity index (χ1) is 9.25. The third-order valence-electron chi connectivity index (χ3n) is 2.19. The molecule has 1 atom stereocenters. The van der Waals surface area contributed by atoms with Gasteiger partial charge >= 0.3 is 11.2 Å². The SMILES string of the molecule is O=C(NCCOCCOCC1CO1)C(F)(F)S(=O)(=O)[O-]. The predicted molar refractivity (Wildman–Crippen MR) is 59.0 cm³/mol. The van der Waals surface area contributed by atoms with E-state index in [2.05, 4.69) is 0 Å². The summed E-state index contributed by atoms with van der Waals surface area (Å²) in [6, 6.07) is 0. The molecule has 1 rings (SSSR count). The minimum Gasteiger partial charge on any atom is -0.743 e. The molecule has 1 aliphatic heterocycles. The van der Waals surface area contributed by atoms with Crippen molar-refractivity contribution >= 4 is 16.0 Å². The molecule has 0 aliphatic carbocycles. The third-order valence-corrected chi connectivity index (χ3v) is 3.00. The molecule has 0 aromatic heterocycles. The molecule has 1 amide bonds. The monoisotopic (exact) mass is 318 g/mol. The molecule has 1 saturated heterocycles. The highest BCUT2D eigenvalue weighted by atomic mass is 32.2. The topological polar surface area (TPSA) is 117 Å². The fourth-order valence-electron chi connectivity index (χ4n) is 1.05. The van der Waals surface area contributed by atoms with Gasteiger partial charge in [-0.1, -0.05) is 0 Å². The Morgan fingerprint density at radius 2 is 1.95 bits per heavy atom. The Kier molecular flexibility index (Phi) is 6.20. The molecule has 1 N–H and O–H groups in total. The molecule has 0 aromatic carbocycles. The predicted octanol–water partition coefficient (Wildman–Crippen LogP) is -1.33. The lowest BCUT2D eigenvalue weighted by molar-refractivity contribution is -0.136. The van der Waals surface area contributed by atoms with Gasteiger partial charge in [0, 0.05) is 6.54 Å².